The molecule has 0 aliphatic heterocycles. The molecule has 1 amide bonds. The van der Waals surface area contributed by atoms with Crippen LogP contribution in [0.4, 0.5) is 0 Å². The summed E-state index contributed by atoms with van der Waals surface area (Å²) in [6.45, 7) is 5.97. The van der Waals surface area contributed by atoms with Crippen LogP contribution in [0.15, 0.2) is 48.8 Å². The summed E-state index contributed by atoms with van der Waals surface area (Å²) in [5, 5.41) is 16.4. The Kier molecular flexibility index (Phi) is 6.23. The number of halogens is 2. The first-order valence-electron chi connectivity index (χ1n) is 10.3. The lowest BCUT2D eigenvalue weighted by Crippen LogP contribution is -2.40. The van der Waals surface area contributed by atoms with Gasteiger partial charge in [0.25, 0.3) is 5.91 Å². The fraction of sp³-hybridized carbons (Fsp3) is 0.261. The third kappa shape index (κ3) is 4.49. The molecule has 8 nitrogen and oxygen atoms in total. The van der Waals surface area contributed by atoms with Crippen molar-refractivity contribution in [2.75, 3.05) is 6.54 Å². The van der Waals surface area contributed by atoms with Crippen LogP contribution in [0.25, 0.3) is 5.69 Å². The Morgan fingerprint density at radius 2 is 1.97 bits per heavy atom. The third-order valence-corrected chi connectivity index (χ3v) is 6.18. The van der Waals surface area contributed by atoms with Crippen LogP contribution in [0.1, 0.15) is 39.9 Å². The van der Waals surface area contributed by atoms with Gasteiger partial charge in [0, 0.05) is 25.4 Å². The molecule has 4 aromatic rings. The van der Waals surface area contributed by atoms with Crippen molar-refractivity contribution >= 4 is 29.1 Å². The van der Waals surface area contributed by atoms with Gasteiger partial charge in [0.2, 0.25) is 0 Å². The Bertz CT molecular complexity index is 1330. The van der Waals surface area contributed by atoms with Crippen LogP contribution < -0.4 is 5.32 Å². The van der Waals surface area contributed by atoms with Crippen LogP contribution in [-0.2, 0) is 12.5 Å². The number of carbonyl (C=O) groups excluding carboxylic acids is 1. The number of hydrogen-bond acceptors (Lipinski definition) is 5. The Balaban J connectivity index is 1.62. The van der Waals surface area contributed by atoms with Crippen LogP contribution in [0.5, 0.6) is 0 Å². The number of pyridine rings is 1. The Morgan fingerprint density at radius 3 is 2.64 bits per heavy atom. The zero-order valence-electron chi connectivity index (χ0n) is 18.7. The lowest BCUT2D eigenvalue weighted by molar-refractivity contribution is 0.0941. The van der Waals surface area contributed by atoms with Gasteiger partial charge in [-0.2, -0.15) is 5.10 Å². The molecule has 0 aliphatic rings. The molecular weight excluding hydrogens is 461 g/mol. The highest BCUT2D eigenvalue weighted by Crippen LogP contribution is 2.31. The molecule has 1 unspecified atom stereocenters. The minimum atomic E-state index is -0.668. The van der Waals surface area contributed by atoms with Crippen molar-refractivity contribution in [1.82, 2.24) is 35.1 Å². The van der Waals surface area contributed by atoms with E-state index < -0.39 is 5.41 Å². The van der Waals surface area contributed by atoms with Gasteiger partial charge >= 0.3 is 0 Å². The van der Waals surface area contributed by atoms with Gasteiger partial charge < -0.3 is 5.32 Å². The van der Waals surface area contributed by atoms with E-state index in [0.29, 0.717) is 21.6 Å². The molecule has 1 aromatic carbocycles. The minimum absolute atomic E-state index is 0.222. The van der Waals surface area contributed by atoms with Gasteiger partial charge in [0.05, 0.1) is 33.7 Å². The largest absolute Gasteiger partial charge is 0.349 e. The lowest BCUT2D eigenvalue weighted by atomic mass is 9.80. The van der Waals surface area contributed by atoms with Crippen molar-refractivity contribution in [3.8, 4) is 5.69 Å². The molecule has 170 valence electrons. The van der Waals surface area contributed by atoms with Gasteiger partial charge in [0.1, 0.15) is 5.15 Å². The highest BCUT2D eigenvalue weighted by Gasteiger charge is 2.33. The van der Waals surface area contributed by atoms with E-state index in [1.54, 1.807) is 28.6 Å². The third-order valence-electron chi connectivity index (χ3n) is 5.67. The van der Waals surface area contributed by atoms with E-state index in [0.717, 1.165) is 16.8 Å². The number of nitrogens with zero attached hydrogens (tertiary/aromatic N) is 6. The summed E-state index contributed by atoms with van der Waals surface area (Å²) in [6.07, 6.45) is 3.66. The van der Waals surface area contributed by atoms with E-state index in [4.69, 9.17) is 23.2 Å². The molecule has 3 heterocycles. The zero-order valence-corrected chi connectivity index (χ0v) is 20.2. The highest BCUT2D eigenvalue weighted by molar-refractivity contribution is 6.32. The molecule has 10 heteroatoms. The van der Waals surface area contributed by atoms with Crippen molar-refractivity contribution in [2.24, 2.45) is 7.05 Å². The Morgan fingerprint density at radius 1 is 1.18 bits per heavy atom. The van der Waals surface area contributed by atoms with Crippen molar-refractivity contribution < 1.29 is 4.79 Å². The van der Waals surface area contributed by atoms with E-state index in [9.17, 15) is 4.79 Å². The molecule has 0 radical (unpaired) electrons. The average Bonchev–Trinajstić information content (AvgIpc) is 3.38. The second-order valence-corrected chi connectivity index (χ2v) is 8.95. The molecule has 0 saturated heterocycles. The maximum atomic E-state index is 13.1. The van der Waals surface area contributed by atoms with E-state index in [2.05, 4.69) is 25.7 Å². The molecule has 33 heavy (non-hydrogen) atoms. The minimum Gasteiger partial charge on any atom is -0.349 e. The number of hydrogen-bond donors (Lipinski definition) is 1. The van der Waals surface area contributed by atoms with Crippen LogP contribution in [-0.4, -0.2) is 42.2 Å². The molecule has 1 N–H and O–H groups in total. The number of aromatic nitrogens is 6. The van der Waals surface area contributed by atoms with E-state index in [1.807, 2.05) is 57.4 Å². The number of nitrogens with one attached hydrogen (secondary N) is 1. The molecule has 0 spiro atoms. The van der Waals surface area contributed by atoms with Crippen molar-refractivity contribution in [2.45, 2.75) is 26.2 Å². The van der Waals surface area contributed by atoms with Crippen LogP contribution in [0.3, 0.4) is 0 Å². The summed E-state index contributed by atoms with van der Waals surface area (Å²) < 4.78 is 3.27. The van der Waals surface area contributed by atoms with Crippen LogP contribution >= 0.6 is 23.2 Å². The van der Waals surface area contributed by atoms with Gasteiger partial charge in [-0.25, -0.2) is 9.67 Å². The summed E-state index contributed by atoms with van der Waals surface area (Å²) in [4.78, 5) is 17.6. The van der Waals surface area contributed by atoms with E-state index >= 15 is 0 Å². The first kappa shape index (κ1) is 22.9. The molecular formula is C23H23Cl2N7O. The second kappa shape index (κ2) is 8.96. The van der Waals surface area contributed by atoms with E-state index in [1.165, 1.54) is 0 Å². The standard InChI is InChI=1S/C23H23Cl2N7O/c1-14-8-9-18(17(24)10-14)32-15(2)21(29-30-32)22(33)26-13-23(3,16-11-27-31(4)12-16)19-6-5-7-20(25)28-19/h5-12H,13H2,1-4H3,(H,26,33). The maximum Gasteiger partial charge on any atom is 0.273 e. The normalized spacial score (nSPS) is 13.0. The predicted octanol–water partition coefficient (Wildman–Crippen LogP) is 4.06. The van der Waals surface area contributed by atoms with Crippen LogP contribution in [0, 0.1) is 13.8 Å². The topological polar surface area (TPSA) is 90.5 Å². The molecule has 0 saturated carbocycles. The van der Waals surface area contributed by atoms with Crippen molar-refractivity contribution in [1.29, 1.82) is 0 Å². The van der Waals surface area contributed by atoms with E-state index in [-0.39, 0.29) is 18.1 Å². The highest BCUT2D eigenvalue weighted by atomic mass is 35.5. The summed E-state index contributed by atoms with van der Waals surface area (Å²) >= 11 is 12.5. The molecule has 3 aromatic heterocycles. The fourth-order valence-electron chi connectivity index (χ4n) is 3.65. The van der Waals surface area contributed by atoms with Crippen molar-refractivity contribution in [3.05, 3.63) is 87.2 Å². The van der Waals surface area contributed by atoms with Gasteiger partial charge in [0.15, 0.2) is 5.69 Å². The lowest BCUT2D eigenvalue weighted by Gasteiger charge is -2.28. The smallest absolute Gasteiger partial charge is 0.273 e. The molecule has 1 atom stereocenters. The maximum absolute atomic E-state index is 13.1. The molecule has 0 bridgehead atoms. The number of benzene rings is 1. The van der Waals surface area contributed by atoms with Gasteiger partial charge in [-0.15, -0.1) is 5.10 Å². The Labute approximate surface area is 201 Å². The van der Waals surface area contributed by atoms with Crippen molar-refractivity contribution in [3.63, 3.8) is 0 Å². The van der Waals surface area contributed by atoms with Gasteiger partial charge in [-0.05, 0) is 50.6 Å². The quantitative estimate of drug-likeness (QED) is 0.417. The average molecular weight is 484 g/mol. The molecule has 4 rings (SSSR count). The zero-order chi connectivity index (χ0) is 23.8. The number of rotatable bonds is 6. The van der Waals surface area contributed by atoms with Crippen LogP contribution in [0.2, 0.25) is 10.2 Å². The first-order valence-corrected chi connectivity index (χ1v) is 11.0. The summed E-state index contributed by atoms with van der Waals surface area (Å²) in [5.74, 6) is -0.348. The monoisotopic (exact) mass is 483 g/mol. The molecule has 0 fully saturated rings. The first-order chi connectivity index (χ1) is 15.7. The Hall–Kier alpha value is -3.23. The van der Waals surface area contributed by atoms with Gasteiger partial charge in [-0.3, -0.25) is 9.48 Å². The summed E-state index contributed by atoms with van der Waals surface area (Å²) in [5.41, 5.74) is 3.45. The molecule has 0 aliphatic carbocycles. The fourth-order valence-corrected chi connectivity index (χ4v) is 4.13. The summed E-state index contributed by atoms with van der Waals surface area (Å²) in [7, 11) is 1.84. The number of aryl methyl sites for hydroxylation is 2. The predicted molar refractivity (Wildman–Crippen MR) is 127 cm³/mol. The van der Waals surface area contributed by atoms with Gasteiger partial charge in [-0.1, -0.05) is 40.5 Å². The number of carbonyl (C=O) groups is 1. The summed E-state index contributed by atoms with van der Waals surface area (Å²) in [6, 6.07) is 11.1. The second-order valence-electron chi connectivity index (χ2n) is 8.15. The SMILES string of the molecule is Cc1ccc(-n2nnc(C(=O)NCC(C)(c3cnn(C)c3)c3cccc(Cl)n3)c2C)c(Cl)c1. The number of amides is 1.